The van der Waals surface area contributed by atoms with Crippen LogP contribution in [0.2, 0.25) is 4.34 Å². The summed E-state index contributed by atoms with van der Waals surface area (Å²) in [6, 6.07) is 3.57. The third-order valence-electron chi connectivity index (χ3n) is 4.18. The number of rotatable bonds is 4. The Morgan fingerprint density at radius 3 is 2.60 bits per heavy atom. The average Bonchev–Trinajstić information content (AvgIpc) is 2.80. The van der Waals surface area contributed by atoms with Gasteiger partial charge in [-0.15, -0.1) is 11.3 Å². The molecular weight excluding hydrogens is 307 g/mol. The average molecular weight is 326 g/mol. The molecule has 6 heteroatoms. The van der Waals surface area contributed by atoms with E-state index in [2.05, 4.69) is 5.32 Å². The normalized spacial score (nSPS) is 25.6. The van der Waals surface area contributed by atoms with Crippen LogP contribution in [0.4, 0.5) is 13.2 Å². The fraction of sp³-hybridized carbons (Fsp3) is 0.714. The predicted molar refractivity (Wildman–Crippen MR) is 77.4 cm³/mol. The van der Waals surface area contributed by atoms with E-state index in [1.54, 1.807) is 13.1 Å². The molecule has 0 bridgehead atoms. The van der Waals surface area contributed by atoms with Crippen LogP contribution in [-0.2, 0) is 6.42 Å². The van der Waals surface area contributed by atoms with E-state index in [-0.39, 0.29) is 18.4 Å². The fourth-order valence-electron chi connectivity index (χ4n) is 3.19. The van der Waals surface area contributed by atoms with Crippen molar-refractivity contribution in [3.05, 3.63) is 21.3 Å². The highest BCUT2D eigenvalue weighted by molar-refractivity contribution is 7.16. The Hall–Kier alpha value is -0.260. The van der Waals surface area contributed by atoms with Gasteiger partial charge in [0.25, 0.3) is 0 Å². The van der Waals surface area contributed by atoms with Gasteiger partial charge in [0.2, 0.25) is 0 Å². The van der Waals surface area contributed by atoms with Crippen molar-refractivity contribution in [2.75, 3.05) is 7.05 Å². The number of hydrogen-bond acceptors (Lipinski definition) is 2. The summed E-state index contributed by atoms with van der Waals surface area (Å²) in [5.74, 6) is -1.52. The van der Waals surface area contributed by atoms with Crippen LogP contribution in [-0.4, -0.2) is 19.3 Å². The molecule has 1 heterocycles. The van der Waals surface area contributed by atoms with Gasteiger partial charge in [0, 0.05) is 10.9 Å². The Morgan fingerprint density at radius 2 is 2.05 bits per heavy atom. The molecular formula is C14H19ClF3NS. The highest BCUT2D eigenvalue weighted by Gasteiger charge is 2.47. The monoisotopic (exact) mass is 325 g/mol. The summed E-state index contributed by atoms with van der Waals surface area (Å²) in [6.45, 7) is 0. The van der Waals surface area contributed by atoms with Gasteiger partial charge in [-0.1, -0.05) is 24.4 Å². The first kappa shape index (κ1) is 16.1. The summed E-state index contributed by atoms with van der Waals surface area (Å²) >= 11 is 7.34. The van der Waals surface area contributed by atoms with E-state index in [1.807, 2.05) is 6.07 Å². The molecule has 3 atom stereocenters. The Kier molecular flexibility index (Phi) is 5.37. The van der Waals surface area contributed by atoms with Crippen LogP contribution >= 0.6 is 22.9 Å². The third kappa shape index (κ3) is 3.89. The van der Waals surface area contributed by atoms with Gasteiger partial charge in [-0.2, -0.15) is 13.2 Å². The lowest BCUT2D eigenvalue weighted by molar-refractivity contribution is -0.199. The number of thiophene rings is 1. The fourth-order valence-corrected chi connectivity index (χ4v) is 4.34. The second kappa shape index (κ2) is 6.67. The Bertz CT molecular complexity index is 432. The molecule has 0 aromatic carbocycles. The van der Waals surface area contributed by atoms with E-state index in [0.29, 0.717) is 23.6 Å². The summed E-state index contributed by atoms with van der Waals surface area (Å²) in [5, 5.41) is 3.10. The number of alkyl halides is 3. The molecule has 0 saturated heterocycles. The van der Waals surface area contributed by atoms with Crippen molar-refractivity contribution in [3.8, 4) is 0 Å². The number of hydrogen-bond donors (Lipinski definition) is 1. The zero-order valence-electron chi connectivity index (χ0n) is 11.3. The minimum absolute atomic E-state index is 0.142. The molecule has 3 unspecified atom stereocenters. The van der Waals surface area contributed by atoms with Crippen molar-refractivity contribution < 1.29 is 13.2 Å². The molecule has 0 aliphatic heterocycles. The molecule has 1 nitrogen and oxygen atoms in total. The third-order valence-corrected chi connectivity index (χ3v) is 5.43. The predicted octanol–water partition coefficient (Wildman–Crippen LogP) is 4.90. The van der Waals surface area contributed by atoms with Crippen molar-refractivity contribution in [2.45, 2.75) is 44.3 Å². The van der Waals surface area contributed by atoms with Crippen LogP contribution in [0.15, 0.2) is 12.1 Å². The highest BCUT2D eigenvalue weighted by atomic mass is 35.5. The van der Waals surface area contributed by atoms with Gasteiger partial charge >= 0.3 is 6.18 Å². The van der Waals surface area contributed by atoms with E-state index in [9.17, 15) is 13.2 Å². The molecule has 0 spiro atoms. The molecule has 114 valence electrons. The summed E-state index contributed by atoms with van der Waals surface area (Å²) in [5.41, 5.74) is 0. The van der Waals surface area contributed by atoms with Crippen LogP contribution < -0.4 is 5.32 Å². The molecule has 1 N–H and O–H groups in total. The molecule has 1 aromatic rings. The van der Waals surface area contributed by atoms with Crippen molar-refractivity contribution in [3.63, 3.8) is 0 Å². The molecule has 20 heavy (non-hydrogen) atoms. The van der Waals surface area contributed by atoms with E-state index < -0.39 is 12.1 Å². The summed E-state index contributed by atoms with van der Waals surface area (Å²) < 4.78 is 40.2. The lowest BCUT2D eigenvalue weighted by Gasteiger charge is -2.38. The second-order valence-electron chi connectivity index (χ2n) is 5.40. The molecule has 2 rings (SSSR count). The Morgan fingerprint density at radius 1 is 1.35 bits per heavy atom. The second-order valence-corrected chi connectivity index (χ2v) is 7.20. The largest absolute Gasteiger partial charge is 0.392 e. The SMILES string of the molecule is CNC(Cc1ccc(Cl)s1)C1CCCCC1C(F)(F)F. The maximum absolute atomic E-state index is 13.2. The molecule has 0 amide bonds. The van der Waals surface area contributed by atoms with Gasteiger partial charge in [0.05, 0.1) is 10.3 Å². The maximum Gasteiger partial charge on any atom is 0.392 e. The lowest BCUT2D eigenvalue weighted by Crippen LogP contribution is -2.45. The first-order chi connectivity index (χ1) is 9.41. The van der Waals surface area contributed by atoms with Gasteiger partial charge in [-0.25, -0.2) is 0 Å². The standard InChI is InChI=1S/C14H19ClF3NS/c1-19-12(8-9-6-7-13(15)20-9)10-4-2-3-5-11(10)14(16,17)18/h6-7,10-12,19H,2-5,8H2,1H3. The topological polar surface area (TPSA) is 12.0 Å². The number of nitrogens with one attached hydrogen (secondary N) is 1. The van der Waals surface area contributed by atoms with Crippen LogP contribution in [0.3, 0.4) is 0 Å². The van der Waals surface area contributed by atoms with Crippen LogP contribution in [0.5, 0.6) is 0 Å². The van der Waals surface area contributed by atoms with Gasteiger partial charge < -0.3 is 5.32 Å². The Labute approximate surface area is 126 Å². The van der Waals surface area contributed by atoms with Crippen molar-refractivity contribution in [1.82, 2.24) is 5.32 Å². The molecule has 1 fully saturated rings. The van der Waals surface area contributed by atoms with Gasteiger partial charge in [0.1, 0.15) is 0 Å². The smallest absolute Gasteiger partial charge is 0.316 e. The van der Waals surface area contributed by atoms with E-state index >= 15 is 0 Å². The van der Waals surface area contributed by atoms with Crippen LogP contribution in [0.1, 0.15) is 30.6 Å². The minimum atomic E-state index is -4.09. The van der Waals surface area contributed by atoms with E-state index in [0.717, 1.165) is 11.3 Å². The molecule has 1 aromatic heterocycles. The van der Waals surface area contributed by atoms with E-state index in [1.165, 1.54) is 11.3 Å². The summed E-state index contributed by atoms with van der Waals surface area (Å²) in [4.78, 5) is 1.04. The van der Waals surface area contributed by atoms with Crippen molar-refractivity contribution in [2.24, 2.45) is 11.8 Å². The molecule has 1 saturated carbocycles. The number of likely N-dealkylation sites (N-methyl/N-ethyl adjacent to an activating group) is 1. The van der Waals surface area contributed by atoms with Gasteiger partial charge in [-0.05, 0) is 44.4 Å². The Balaban J connectivity index is 2.11. The first-order valence-corrected chi connectivity index (χ1v) is 8.09. The zero-order chi connectivity index (χ0) is 14.8. The van der Waals surface area contributed by atoms with Crippen LogP contribution in [0, 0.1) is 11.8 Å². The molecule has 0 radical (unpaired) electrons. The highest BCUT2D eigenvalue weighted by Crippen LogP contribution is 2.43. The molecule has 1 aliphatic carbocycles. The van der Waals surface area contributed by atoms with E-state index in [4.69, 9.17) is 11.6 Å². The lowest BCUT2D eigenvalue weighted by atomic mass is 9.74. The first-order valence-electron chi connectivity index (χ1n) is 6.90. The quantitative estimate of drug-likeness (QED) is 0.830. The van der Waals surface area contributed by atoms with Crippen molar-refractivity contribution >= 4 is 22.9 Å². The summed E-state index contributed by atoms with van der Waals surface area (Å²) in [6.07, 6.45) is -0.993. The summed E-state index contributed by atoms with van der Waals surface area (Å²) in [7, 11) is 1.75. The minimum Gasteiger partial charge on any atom is -0.316 e. The van der Waals surface area contributed by atoms with Gasteiger partial charge in [0.15, 0.2) is 0 Å². The van der Waals surface area contributed by atoms with Crippen molar-refractivity contribution in [1.29, 1.82) is 0 Å². The van der Waals surface area contributed by atoms with Crippen LogP contribution in [0.25, 0.3) is 0 Å². The maximum atomic E-state index is 13.2. The zero-order valence-corrected chi connectivity index (χ0v) is 12.9. The molecule has 1 aliphatic rings. The van der Waals surface area contributed by atoms with Gasteiger partial charge in [-0.3, -0.25) is 0 Å². The number of halogens is 4.